The predicted molar refractivity (Wildman–Crippen MR) is 139 cm³/mol. The fraction of sp³-hybridized carbons (Fsp3) is 0.440. The van der Waals surface area contributed by atoms with Crippen molar-refractivity contribution in [3.05, 3.63) is 57.1 Å². The van der Waals surface area contributed by atoms with Crippen molar-refractivity contribution in [2.24, 2.45) is 0 Å². The monoisotopic (exact) mass is 515 g/mol. The quantitative estimate of drug-likeness (QED) is 0.441. The molecule has 0 aromatic heterocycles. The largest absolute Gasteiger partial charge is 0.378 e. The van der Waals surface area contributed by atoms with Crippen molar-refractivity contribution in [1.82, 2.24) is 4.90 Å². The van der Waals surface area contributed by atoms with Crippen LogP contribution in [-0.4, -0.2) is 74.1 Å². The molecule has 2 aromatic carbocycles. The van der Waals surface area contributed by atoms with Gasteiger partial charge in [0.2, 0.25) is 5.91 Å². The number of nitro groups is 1. The van der Waals surface area contributed by atoms with Gasteiger partial charge in [0.25, 0.3) is 11.6 Å². The van der Waals surface area contributed by atoms with Crippen LogP contribution in [0.1, 0.15) is 30.1 Å². The zero-order chi connectivity index (χ0) is 25.7. The number of carbonyl (C=O) groups excluding carboxylic acids is 2. The molecule has 0 unspecified atom stereocenters. The Morgan fingerprint density at radius 1 is 1.00 bits per heavy atom. The first-order valence-corrected chi connectivity index (χ1v) is 12.5. The van der Waals surface area contributed by atoms with E-state index < -0.39 is 10.8 Å². The number of piperazine rings is 1. The predicted octanol–water partition coefficient (Wildman–Crippen LogP) is 3.79. The van der Waals surface area contributed by atoms with Crippen LogP contribution >= 0.6 is 11.6 Å². The first-order chi connectivity index (χ1) is 17.4. The van der Waals surface area contributed by atoms with Crippen LogP contribution in [0.4, 0.5) is 22.7 Å². The lowest BCUT2D eigenvalue weighted by molar-refractivity contribution is -0.384. The van der Waals surface area contributed by atoms with Crippen molar-refractivity contribution in [3.8, 4) is 0 Å². The van der Waals surface area contributed by atoms with Crippen molar-refractivity contribution in [1.29, 1.82) is 0 Å². The highest BCUT2D eigenvalue weighted by atomic mass is 35.5. The summed E-state index contributed by atoms with van der Waals surface area (Å²) in [5, 5.41) is 14.8. The average Bonchev–Trinajstić information content (AvgIpc) is 2.89. The minimum absolute atomic E-state index is 0.156. The summed E-state index contributed by atoms with van der Waals surface area (Å²) in [6.07, 6.45) is 1.35. The van der Waals surface area contributed by atoms with Gasteiger partial charge in [-0.05, 0) is 30.7 Å². The number of halogens is 1. The van der Waals surface area contributed by atoms with E-state index in [-0.39, 0.29) is 17.2 Å². The van der Waals surface area contributed by atoms with E-state index in [1.54, 1.807) is 18.2 Å². The Morgan fingerprint density at radius 2 is 1.67 bits per heavy atom. The SMILES string of the molecule is CCCC(=O)N1CCN(c2ccc(Cl)cc2NC(=O)c2cc([N+](=O)[O-])ccc2N2CCOCC2)CC1. The molecule has 0 atom stereocenters. The van der Waals surface area contributed by atoms with Gasteiger partial charge in [-0.15, -0.1) is 0 Å². The maximum atomic E-state index is 13.5. The van der Waals surface area contributed by atoms with E-state index in [4.69, 9.17) is 16.3 Å². The number of nitro benzene ring substituents is 1. The molecular weight excluding hydrogens is 486 g/mol. The van der Waals surface area contributed by atoms with E-state index >= 15 is 0 Å². The third-order valence-electron chi connectivity index (χ3n) is 6.43. The molecule has 0 aliphatic carbocycles. The zero-order valence-electron chi connectivity index (χ0n) is 20.2. The molecule has 11 heteroatoms. The van der Waals surface area contributed by atoms with Crippen LogP contribution in [0.2, 0.25) is 5.02 Å². The fourth-order valence-electron chi connectivity index (χ4n) is 4.54. The number of benzene rings is 2. The number of nitrogens with one attached hydrogen (secondary N) is 1. The van der Waals surface area contributed by atoms with Crippen LogP contribution in [0.5, 0.6) is 0 Å². The first-order valence-electron chi connectivity index (χ1n) is 12.1. The van der Waals surface area contributed by atoms with Gasteiger partial charge >= 0.3 is 0 Å². The Bertz CT molecular complexity index is 1130. The van der Waals surface area contributed by atoms with Gasteiger partial charge in [-0.3, -0.25) is 19.7 Å². The highest BCUT2D eigenvalue weighted by Gasteiger charge is 2.25. The summed E-state index contributed by atoms with van der Waals surface area (Å²) < 4.78 is 5.42. The number of nitrogens with zero attached hydrogens (tertiary/aromatic N) is 4. The summed E-state index contributed by atoms with van der Waals surface area (Å²) in [7, 11) is 0. The summed E-state index contributed by atoms with van der Waals surface area (Å²) in [6, 6.07) is 9.61. The van der Waals surface area contributed by atoms with Crippen LogP contribution in [0.15, 0.2) is 36.4 Å². The van der Waals surface area contributed by atoms with Crippen LogP contribution in [0, 0.1) is 10.1 Å². The summed E-state index contributed by atoms with van der Waals surface area (Å²) in [5.74, 6) is -0.302. The van der Waals surface area contributed by atoms with E-state index in [0.717, 1.165) is 12.1 Å². The molecule has 2 saturated heterocycles. The van der Waals surface area contributed by atoms with Crippen molar-refractivity contribution >= 4 is 46.2 Å². The summed E-state index contributed by atoms with van der Waals surface area (Å²) >= 11 is 6.27. The second-order valence-electron chi connectivity index (χ2n) is 8.79. The fourth-order valence-corrected chi connectivity index (χ4v) is 4.71. The van der Waals surface area contributed by atoms with E-state index in [2.05, 4.69) is 10.2 Å². The third kappa shape index (κ3) is 5.88. The molecule has 0 bridgehead atoms. The van der Waals surface area contributed by atoms with Gasteiger partial charge in [-0.1, -0.05) is 18.5 Å². The normalized spacial score (nSPS) is 16.1. The standard InChI is InChI=1S/C25H30ClN5O5/c1-2-3-24(32)30-10-8-28(9-11-30)23-6-4-18(26)16-21(23)27-25(33)20-17-19(31(34)35)5-7-22(20)29-12-14-36-15-13-29/h4-7,16-17H,2-3,8-15H2,1H3,(H,27,33). The number of hydrogen-bond acceptors (Lipinski definition) is 7. The summed E-state index contributed by atoms with van der Waals surface area (Å²) in [5.41, 5.74) is 1.98. The molecule has 2 fully saturated rings. The average molecular weight is 516 g/mol. The van der Waals surface area contributed by atoms with Crippen molar-refractivity contribution in [2.75, 3.05) is 67.6 Å². The molecule has 2 amide bonds. The highest BCUT2D eigenvalue weighted by molar-refractivity contribution is 6.31. The van der Waals surface area contributed by atoms with Gasteiger partial charge in [0.05, 0.1) is 40.8 Å². The number of anilines is 3. The lowest BCUT2D eigenvalue weighted by Gasteiger charge is -2.37. The Hall–Kier alpha value is -3.37. The molecule has 2 aliphatic rings. The lowest BCUT2D eigenvalue weighted by Crippen LogP contribution is -2.48. The summed E-state index contributed by atoms with van der Waals surface area (Å²) in [6.45, 7) is 6.63. The molecule has 10 nitrogen and oxygen atoms in total. The number of amides is 2. The number of carbonyl (C=O) groups is 2. The number of morpholine rings is 1. The molecule has 2 aliphatic heterocycles. The molecule has 4 rings (SSSR count). The third-order valence-corrected chi connectivity index (χ3v) is 6.67. The minimum atomic E-state index is -0.510. The molecule has 0 saturated carbocycles. The Kier molecular flexibility index (Phi) is 8.27. The Balaban J connectivity index is 1.58. The number of non-ortho nitro benzene ring substituents is 1. The number of hydrogen-bond donors (Lipinski definition) is 1. The van der Waals surface area contributed by atoms with Crippen LogP contribution in [0.3, 0.4) is 0 Å². The van der Waals surface area contributed by atoms with Crippen molar-refractivity contribution in [2.45, 2.75) is 19.8 Å². The Labute approximate surface area is 214 Å². The zero-order valence-corrected chi connectivity index (χ0v) is 21.0. The molecule has 0 radical (unpaired) electrons. The molecule has 192 valence electrons. The highest BCUT2D eigenvalue weighted by Crippen LogP contribution is 2.32. The van der Waals surface area contributed by atoms with Crippen molar-refractivity contribution in [3.63, 3.8) is 0 Å². The van der Waals surface area contributed by atoms with E-state index in [0.29, 0.717) is 75.3 Å². The van der Waals surface area contributed by atoms with Gasteiger partial charge in [-0.2, -0.15) is 0 Å². The maximum Gasteiger partial charge on any atom is 0.270 e. The van der Waals surface area contributed by atoms with Crippen molar-refractivity contribution < 1.29 is 19.2 Å². The van der Waals surface area contributed by atoms with Gasteiger partial charge in [0, 0.05) is 62.8 Å². The topological polar surface area (TPSA) is 108 Å². The van der Waals surface area contributed by atoms with Gasteiger partial charge < -0.3 is 24.8 Å². The van der Waals surface area contributed by atoms with Crippen LogP contribution in [0.25, 0.3) is 0 Å². The molecule has 0 spiro atoms. The second kappa shape index (κ2) is 11.6. The number of rotatable bonds is 7. The lowest BCUT2D eigenvalue weighted by atomic mass is 10.1. The number of ether oxygens (including phenoxy) is 1. The van der Waals surface area contributed by atoms with Crippen LogP contribution < -0.4 is 15.1 Å². The minimum Gasteiger partial charge on any atom is -0.378 e. The maximum absolute atomic E-state index is 13.5. The Morgan fingerprint density at radius 3 is 2.33 bits per heavy atom. The first kappa shape index (κ1) is 25.7. The summed E-state index contributed by atoms with van der Waals surface area (Å²) in [4.78, 5) is 42.7. The molecule has 2 heterocycles. The molecule has 36 heavy (non-hydrogen) atoms. The smallest absolute Gasteiger partial charge is 0.270 e. The van der Waals surface area contributed by atoms with E-state index in [1.165, 1.54) is 12.1 Å². The van der Waals surface area contributed by atoms with Gasteiger partial charge in [0.1, 0.15) is 0 Å². The van der Waals surface area contributed by atoms with Gasteiger partial charge in [0.15, 0.2) is 0 Å². The van der Waals surface area contributed by atoms with Gasteiger partial charge in [-0.25, -0.2) is 0 Å². The second-order valence-corrected chi connectivity index (χ2v) is 9.23. The molecule has 2 aromatic rings. The van der Waals surface area contributed by atoms with E-state index in [1.807, 2.05) is 22.8 Å². The van der Waals surface area contributed by atoms with E-state index in [9.17, 15) is 19.7 Å². The molecule has 1 N–H and O–H groups in total. The van der Waals surface area contributed by atoms with Crippen LogP contribution in [-0.2, 0) is 9.53 Å². The molecular formula is C25H30ClN5O5.